The molecule has 2 aromatic carbocycles. The minimum absolute atomic E-state index is 0.111. The normalized spacial score (nSPS) is 10.1. The molecule has 0 radical (unpaired) electrons. The lowest BCUT2D eigenvalue weighted by molar-refractivity contribution is 0.0697. The molecule has 6 heteroatoms. The highest BCUT2D eigenvalue weighted by Gasteiger charge is 2.14. The van der Waals surface area contributed by atoms with E-state index in [1.807, 2.05) is 0 Å². The van der Waals surface area contributed by atoms with Crippen LogP contribution in [-0.4, -0.2) is 22.1 Å². The van der Waals surface area contributed by atoms with Crippen molar-refractivity contribution in [1.82, 2.24) is 0 Å². The number of aromatic carboxylic acids is 1. The Bertz CT molecular complexity index is 726. The van der Waals surface area contributed by atoms with Gasteiger partial charge in [0.05, 0.1) is 11.3 Å². The van der Waals surface area contributed by atoms with Gasteiger partial charge < -0.3 is 21.3 Å². The molecule has 0 aromatic heterocycles. The first-order valence-electron chi connectivity index (χ1n) is 6.12. The lowest BCUT2D eigenvalue weighted by Gasteiger charge is -2.10. The highest BCUT2D eigenvalue weighted by molar-refractivity contribution is 6.08. The number of carbonyl (C=O) groups is 2. The molecule has 6 nitrogen and oxygen atoms in total. The molecule has 0 saturated heterocycles. The summed E-state index contributed by atoms with van der Waals surface area (Å²) in [6, 6.07) is 8.49. The van der Waals surface area contributed by atoms with Crippen molar-refractivity contribution in [3.8, 4) is 5.75 Å². The molecule has 0 unspecified atom stereocenters. The van der Waals surface area contributed by atoms with E-state index >= 15 is 0 Å². The fourth-order valence-corrected chi connectivity index (χ4v) is 1.83. The zero-order valence-electron chi connectivity index (χ0n) is 11.3. The Labute approximate surface area is 120 Å². The molecule has 0 atom stereocenters. The number of aryl methyl sites for hydroxylation is 1. The maximum Gasteiger partial charge on any atom is 0.337 e. The van der Waals surface area contributed by atoms with Crippen LogP contribution in [0.2, 0.25) is 0 Å². The molecule has 0 heterocycles. The van der Waals surface area contributed by atoms with E-state index in [1.54, 1.807) is 25.1 Å². The van der Waals surface area contributed by atoms with Crippen LogP contribution in [0.4, 0.5) is 11.4 Å². The lowest BCUT2D eigenvalue weighted by Crippen LogP contribution is -2.15. The third-order valence-electron chi connectivity index (χ3n) is 3.01. The van der Waals surface area contributed by atoms with Crippen LogP contribution in [-0.2, 0) is 0 Å². The van der Waals surface area contributed by atoms with Crippen LogP contribution in [0.25, 0.3) is 0 Å². The summed E-state index contributed by atoms with van der Waals surface area (Å²) in [6.45, 7) is 1.77. The van der Waals surface area contributed by atoms with E-state index in [1.165, 1.54) is 12.1 Å². The van der Waals surface area contributed by atoms with Crippen molar-refractivity contribution in [1.29, 1.82) is 0 Å². The first-order chi connectivity index (χ1) is 9.88. The van der Waals surface area contributed by atoms with Gasteiger partial charge in [0.1, 0.15) is 5.75 Å². The van der Waals surface area contributed by atoms with Gasteiger partial charge in [0.15, 0.2) is 0 Å². The maximum absolute atomic E-state index is 12.1. The van der Waals surface area contributed by atoms with Crippen LogP contribution in [0.5, 0.6) is 5.75 Å². The number of hydrogen-bond acceptors (Lipinski definition) is 4. The van der Waals surface area contributed by atoms with E-state index < -0.39 is 11.9 Å². The molecule has 0 bridgehead atoms. The molecule has 0 saturated carbocycles. The Morgan fingerprint density at radius 2 is 1.86 bits per heavy atom. The largest absolute Gasteiger partial charge is 0.508 e. The minimum Gasteiger partial charge on any atom is -0.508 e. The zero-order chi connectivity index (χ0) is 15.6. The van der Waals surface area contributed by atoms with Crippen molar-refractivity contribution in [2.45, 2.75) is 6.92 Å². The summed E-state index contributed by atoms with van der Waals surface area (Å²) in [4.78, 5) is 23.2. The summed E-state index contributed by atoms with van der Waals surface area (Å²) in [7, 11) is 0. The summed E-state index contributed by atoms with van der Waals surface area (Å²) in [5.41, 5.74) is 7.31. The second kappa shape index (κ2) is 5.54. The van der Waals surface area contributed by atoms with Crippen molar-refractivity contribution in [2.24, 2.45) is 0 Å². The van der Waals surface area contributed by atoms with Gasteiger partial charge in [0.25, 0.3) is 5.91 Å². The smallest absolute Gasteiger partial charge is 0.337 e. The number of hydrogen-bond donors (Lipinski definition) is 4. The highest BCUT2D eigenvalue weighted by Crippen LogP contribution is 2.22. The second-order valence-corrected chi connectivity index (χ2v) is 4.56. The average Bonchev–Trinajstić information content (AvgIpc) is 2.43. The number of carboxylic acids is 1. The van der Waals surface area contributed by atoms with Crippen LogP contribution in [0.3, 0.4) is 0 Å². The third-order valence-corrected chi connectivity index (χ3v) is 3.01. The molecule has 2 aromatic rings. The highest BCUT2D eigenvalue weighted by atomic mass is 16.4. The van der Waals surface area contributed by atoms with Crippen LogP contribution in [0.1, 0.15) is 26.3 Å². The molecule has 0 fully saturated rings. The van der Waals surface area contributed by atoms with Gasteiger partial charge in [0, 0.05) is 11.3 Å². The quantitative estimate of drug-likeness (QED) is 0.510. The molecular weight excluding hydrogens is 272 g/mol. The molecule has 0 aliphatic heterocycles. The molecule has 0 aliphatic carbocycles. The predicted octanol–water partition coefficient (Wildman–Crippen LogP) is 2.23. The van der Waals surface area contributed by atoms with Crippen molar-refractivity contribution < 1.29 is 19.8 Å². The summed E-state index contributed by atoms with van der Waals surface area (Å²) >= 11 is 0. The SMILES string of the molecule is Cc1cc(C(=O)Nc2ccc(O)cc2C(=O)O)ccc1N. The van der Waals surface area contributed by atoms with Crippen LogP contribution in [0.15, 0.2) is 36.4 Å². The van der Waals surface area contributed by atoms with E-state index in [2.05, 4.69) is 5.32 Å². The van der Waals surface area contributed by atoms with Gasteiger partial charge in [-0.05, 0) is 48.9 Å². The van der Waals surface area contributed by atoms with Gasteiger partial charge in [-0.2, -0.15) is 0 Å². The molecule has 0 aliphatic rings. The summed E-state index contributed by atoms with van der Waals surface area (Å²) < 4.78 is 0. The number of carboxylic acid groups (broad SMARTS) is 1. The number of benzene rings is 2. The topological polar surface area (TPSA) is 113 Å². The third kappa shape index (κ3) is 3.11. The monoisotopic (exact) mass is 286 g/mol. The standard InChI is InChI=1S/C15H14N2O4/c1-8-6-9(2-4-12(8)16)14(19)17-13-5-3-10(18)7-11(13)15(20)21/h2-7,18H,16H2,1H3,(H,17,19)(H,20,21). The van der Waals surface area contributed by atoms with Gasteiger partial charge in [-0.25, -0.2) is 4.79 Å². The summed E-state index contributed by atoms with van der Waals surface area (Å²) in [5.74, 6) is -1.88. The Kier molecular flexibility index (Phi) is 3.80. The summed E-state index contributed by atoms with van der Waals surface area (Å²) in [6.07, 6.45) is 0. The molecular formula is C15H14N2O4. The zero-order valence-corrected chi connectivity index (χ0v) is 11.3. The van der Waals surface area contributed by atoms with Gasteiger partial charge >= 0.3 is 5.97 Å². The molecule has 2 rings (SSSR count). The van der Waals surface area contributed by atoms with Crippen molar-refractivity contribution in [3.63, 3.8) is 0 Å². The Balaban J connectivity index is 2.31. The molecule has 21 heavy (non-hydrogen) atoms. The Morgan fingerprint density at radius 1 is 1.14 bits per heavy atom. The molecule has 0 spiro atoms. The number of nitrogens with one attached hydrogen (secondary N) is 1. The summed E-state index contributed by atoms with van der Waals surface area (Å²) in [5, 5.41) is 20.9. The molecule has 5 N–H and O–H groups in total. The van der Waals surface area contributed by atoms with E-state index in [0.29, 0.717) is 11.3 Å². The first kappa shape index (κ1) is 14.4. The number of amides is 1. The number of carbonyl (C=O) groups excluding carboxylic acids is 1. The van der Waals surface area contributed by atoms with E-state index in [-0.39, 0.29) is 17.0 Å². The number of nitrogen functional groups attached to an aromatic ring is 1. The van der Waals surface area contributed by atoms with Crippen molar-refractivity contribution in [2.75, 3.05) is 11.1 Å². The number of phenolic OH excluding ortho intramolecular Hbond substituents is 1. The average molecular weight is 286 g/mol. The van der Waals surface area contributed by atoms with E-state index in [4.69, 9.17) is 10.8 Å². The number of phenols is 1. The Hall–Kier alpha value is -3.02. The van der Waals surface area contributed by atoms with Crippen LogP contribution >= 0.6 is 0 Å². The maximum atomic E-state index is 12.1. The van der Waals surface area contributed by atoms with Crippen LogP contribution in [0, 0.1) is 6.92 Å². The predicted molar refractivity (Wildman–Crippen MR) is 78.6 cm³/mol. The van der Waals surface area contributed by atoms with Gasteiger partial charge in [-0.1, -0.05) is 0 Å². The fraction of sp³-hybridized carbons (Fsp3) is 0.0667. The number of nitrogens with two attached hydrogens (primary N) is 1. The molecule has 1 amide bonds. The number of aromatic hydroxyl groups is 1. The Morgan fingerprint density at radius 3 is 2.48 bits per heavy atom. The van der Waals surface area contributed by atoms with Crippen molar-refractivity contribution >= 4 is 23.3 Å². The van der Waals surface area contributed by atoms with Crippen LogP contribution < -0.4 is 11.1 Å². The second-order valence-electron chi connectivity index (χ2n) is 4.56. The number of anilines is 2. The fourth-order valence-electron chi connectivity index (χ4n) is 1.83. The van der Waals surface area contributed by atoms with Gasteiger partial charge in [-0.15, -0.1) is 0 Å². The van der Waals surface area contributed by atoms with E-state index in [9.17, 15) is 14.7 Å². The van der Waals surface area contributed by atoms with Crippen molar-refractivity contribution in [3.05, 3.63) is 53.1 Å². The minimum atomic E-state index is -1.24. The van der Waals surface area contributed by atoms with Gasteiger partial charge in [0.2, 0.25) is 0 Å². The first-order valence-corrected chi connectivity index (χ1v) is 6.12. The molecule has 108 valence electrons. The van der Waals surface area contributed by atoms with E-state index in [0.717, 1.165) is 11.6 Å². The number of rotatable bonds is 3. The van der Waals surface area contributed by atoms with Gasteiger partial charge in [-0.3, -0.25) is 4.79 Å². The lowest BCUT2D eigenvalue weighted by atomic mass is 10.1.